The number of anilines is 3. The molecule has 0 aromatic heterocycles. The van der Waals surface area contributed by atoms with E-state index in [1.54, 1.807) is 17.0 Å². The van der Waals surface area contributed by atoms with Crippen molar-refractivity contribution in [1.82, 2.24) is 4.31 Å². The quantitative estimate of drug-likeness (QED) is 0.376. The predicted octanol–water partition coefficient (Wildman–Crippen LogP) is 3.17. The summed E-state index contributed by atoms with van der Waals surface area (Å²) in [7, 11) is -6.24. The molecule has 0 unspecified atom stereocenters. The highest BCUT2D eigenvalue weighted by atomic mass is 32.2. The second kappa shape index (κ2) is 12.9. The van der Waals surface area contributed by atoms with Crippen molar-refractivity contribution in [3.63, 3.8) is 0 Å². The lowest BCUT2D eigenvalue weighted by Crippen LogP contribution is -2.48. The van der Waals surface area contributed by atoms with Gasteiger partial charge in [0.05, 0.1) is 34.5 Å². The maximum atomic E-state index is 13.5. The summed E-state index contributed by atoms with van der Waals surface area (Å²) in [5.74, 6) is 4.59. The Labute approximate surface area is 254 Å². The molecular weight excluding hydrogens is 619 g/mol. The highest BCUT2D eigenvalue weighted by molar-refractivity contribution is 7.92. The van der Waals surface area contributed by atoms with Crippen molar-refractivity contribution >= 4 is 43.0 Å². The van der Waals surface area contributed by atoms with E-state index in [9.17, 15) is 34.8 Å². The van der Waals surface area contributed by atoms with Gasteiger partial charge in [-0.2, -0.15) is 17.5 Å². The van der Waals surface area contributed by atoms with Crippen LogP contribution in [0.1, 0.15) is 21.5 Å². The molecule has 0 aliphatic carbocycles. The number of nitrogens with two attached hydrogens (primary N) is 1. The summed E-state index contributed by atoms with van der Waals surface area (Å²) in [6, 6.07) is 15.1. The van der Waals surface area contributed by atoms with Gasteiger partial charge < -0.3 is 16.0 Å². The Morgan fingerprint density at radius 1 is 0.977 bits per heavy atom. The predicted molar refractivity (Wildman–Crippen MR) is 162 cm³/mol. The Morgan fingerprint density at radius 2 is 1.61 bits per heavy atom. The Hall–Kier alpha value is -4.10. The van der Waals surface area contributed by atoms with Crippen molar-refractivity contribution in [2.45, 2.75) is 11.1 Å². The highest BCUT2D eigenvalue weighted by Gasteiger charge is 2.33. The minimum absolute atomic E-state index is 0.00754. The van der Waals surface area contributed by atoms with Crippen molar-refractivity contribution in [3.05, 3.63) is 83.4 Å². The molecule has 1 aliphatic rings. The Morgan fingerprint density at radius 3 is 2.20 bits per heavy atom. The molecule has 4 rings (SSSR count). The van der Waals surface area contributed by atoms with Gasteiger partial charge in [0.25, 0.3) is 5.91 Å². The average Bonchev–Trinajstić information content (AvgIpc) is 2.99. The van der Waals surface area contributed by atoms with Crippen molar-refractivity contribution < 1.29 is 34.8 Å². The molecule has 0 spiro atoms. The maximum Gasteiger partial charge on any atom is 0.416 e. The highest BCUT2D eigenvalue weighted by Crippen LogP contribution is 2.33. The van der Waals surface area contributed by atoms with Gasteiger partial charge in [-0.25, -0.2) is 16.8 Å². The fourth-order valence-corrected chi connectivity index (χ4v) is 6.48. The van der Waals surface area contributed by atoms with E-state index < -0.39 is 37.7 Å². The zero-order chi connectivity index (χ0) is 32.3. The molecule has 0 radical (unpaired) electrons. The molecule has 0 saturated carbocycles. The molecule has 1 amide bonds. The number of rotatable bonds is 7. The molecule has 3 N–H and O–H groups in total. The van der Waals surface area contributed by atoms with Crippen LogP contribution in [0.15, 0.2) is 71.6 Å². The number of nitrogens with one attached hydrogen (secondary N) is 1. The molecule has 0 atom stereocenters. The van der Waals surface area contributed by atoms with Crippen LogP contribution in [-0.2, 0) is 26.2 Å². The second-order valence-electron chi connectivity index (χ2n) is 9.89. The number of carbonyl (C=O) groups is 1. The lowest BCUT2D eigenvalue weighted by atomic mass is 10.1. The minimum Gasteiger partial charge on any atom is -0.369 e. The number of amides is 1. The summed E-state index contributed by atoms with van der Waals surface area (Å²) in [5.41, 5.74) is 5.51. The van der Waals surface area contributed by atoms with Crippen molar-refractivity contribution in [3.8, 4) is 11.8 Å². The van der Waals surface area contributed by atoms with Crippen molar-refractivity contribution in [2.24, 2.45) is 5.73 Å². The van der Waals surface area contributed by atoms with Crippen LogP contribution in [0, 0.1) is 11.8 Å². The number of alkyl halides is 3. The Balaban J connectivity index is 1.46. The molecule has 15 heteroatoms. The number of piperazine rings is 1. The third kappa shape index (κ3) is 7.51. The summed E-state index contributed by atoms with van der Waals surface area (Å²) < 4.78 is 93.4. The minimum atomic E-state index is -4.58. The SMILES string of the molecule is CN(c1ccccc1C(=O)Nc1ccc(S(=O)(=O)N2CCN(c3cc(C#CCN)cc(C(F)(F)F)c3)CC2)cc1)S(C)(=O)=O. The summed E-state index contributed by atoms with van der Waals surface area (Å²) >= 11 is 0. The van der Waals surface area contributed by atoms with Crippen LogP contribution in [-0.4, -0.2) is 73.1 Å². The summed E-state index contributed by atoms with van der Waals surface area (Å²) in [6.45, 7) is 0.364. The van der Waals surface area contributed by atoms with Crippen LogP contribution in [0.5, 0.6) is 0 Å². The number of hydrogen-bond acceptors (Lipinski definition) is 7. The van der Waals surface area contributed by atoms with Crippen LogP contribution in [0.2, 0.25) is 0 Å². The van der Waals surface area contributed by atoms with Crippen molar-refractivity contribution in [2.75, 3.05) is 60.5 Å². The first kappa shape index (κ1) is 32.8. The maximum absolute atomic E-state index is 13.5. The summed E-state index contributed by atoms with van der Waals surface area (Å²) in [5, 5.41) is 2.65. The van der Waals surface area contributed by atoms with Gasteiger partial charge in [0.2, 0.25) is 20.0 Å². The van der Waals surface area contributed by atoms with Crippen molar-refractivity contribution in [1.29, 1.82) is 0 Å². The Kier molecular flexibility index (Phi) is 9.59. The first-order chi connectivity index (χ1) is 20.6. The van der Waals surface area contributed by atoms with E-state index in [2.05, 4.69) is 17.2 Å². The van der Waals surface area contributed by atoms with Gasteiger partial charge in [-0.3, -0.25) is 9.10 Å². The molecule has 1 heterocycles. The van der Waals surface area contributed by atoms with Gasteiger partial charge in [0.15, 0.2) is 0 Å². The number of carbonyl (C=O) groups excluding carboxylic acids is 1. The summed E-state index contributed by atoms with van der Waals surface area (Å²) in [6.07, 6.45) is -3.57. The molecule has 1 fully saturated rings. The van der Waals surface area contributed by atoms with E-state index in [-0.39, 0.29) is 65.8 Å². The number of para-hydroxylation sites is 1. The molecule has 3 aromatic rings. The molecule has 1 aliphatic heterocycles. The molecule has 0 bridgehead atoms. The average molecular weight is 650 g/mol. The van der Waals surface area contributed by atoms with Gasteiger partial charge in [0.1, 0.15) is 0 Å². The number of sulfonamides is 2. The van der Waals surface area contributed by atoms with E-state index in [4.69, 9.17) is 5.73 Å². The van der Waals surface area contributed by atoms with Crippen LogP contribution in [0.3, 0.4) is 0 Å². The largest absolute Gasteiger partial charge is 0.416 e. The zero-order valence-electron chi connectivity index (χ0n) is 23.8. The smallest absolute Gasteiger partial charge is 0.369 e. The van der Waals surface area contributed by atoms with Gasteiger partial charge >= 0.3 is 6.18 Å². The fraction of sp³-hybridized carbons (Fsp3) is 0.276. The molecule has 234 valence electrons. The third-order valence-corrected chi connectivity index (χ3v) is 10.0. The normalized spacial score (nSPS) is 14.5. The number of hydrogen-bond donors (Lipinski definition) is 2. The number of benzene rings is 3. The molecule has 44 heavy (non-hydrogen) atoms. The number of nitrogens with zero attached hydrogens (tertiary/aromatic N) is 3. The summed E-state index contributed by atoms with van der Waals surface area (Å²) in [4.78, 5) is 14.6. The van der Waals surface area contributed by atoms with E-state index in [0.717, 1.165) is 22.7 Å². The van der Waals surface area contributed by atoms with Gasteiger partial charge in [0, 0.05) is 50.2 Å². The topological polar surface area (TPSA) is 133 Å². The standard InChI is InChI=1S/C29H30F3N5O5S2/c1-35(43(2,39)40)27-8-4-3-7-26(27)28(38)34-23-9-11-25(12-10-23)44(41,42)37-16-14-36(15-17-37)24-19-21(6-5-13-33)18-22(20-24)29(30,31)32/h3-4,7-12,18-20H,13-17,33H2,1-2H3,(H,34,38). The second-order valence-corrected chi connectivity index (χ2v) is 13.8. The lowest BCUT2D eigenvalue weighted by Gasteiger charge is -2.35. The monoisotopic (exact) mass is 649 g/mol. The zero-order valence-corrected chi connectivity index (χ0v) is 25.4. The van der Waals surface area contributed by atoms with E-state index >= 15 is 0 Å². The molecule has 3 aromatic carbocycles. The van der Waals surface area contributed by atoms with Crippen LogP contribution in [0.4, 0.5) is 30.2 Å². The molecular formula is C29H30F3N5O5S2. The van der Waals surface area contributed by atoms with Crippen LogP contribution >= 0.6 is 0 Å². The van der Waals surface area contributed by atoms with Gasteiger partial charge in [-0.05, 0) is 54.6 Å². The van der Waals surface area contributed by atoms with Crippen LogP contribution < -0.4 is 20.3 Å². The lowest BCUT2D eigenvalue weighted by molar-refractivity contribution is -0.137. The first-order valence-corrected chi connectivity index (χ1v) is 16.5. The van der Waals surface area contributed by atoms with E-state index in [0.29, 0.717) is 0 Å². The van der Waals surface area contributed by atoms with Crippen LogP contribution in [0.25, 0.3) is 0 Å². The van der Waals surface area contributed by atoms with E-state index in [1.165, 1.54) is 53.8 Å². The van der Waals surface area contributed by atoms with E-state index in [1.807, 2.05) is 0 Å². The fourth-order valence-electron chi connectivity index (χ4n) is 4.55. The molecule has 1 saturated heterocycles. The Bertz CT molecular complexity index is 1810. The number of halogens is 3. The third-order valence-electron chi connectivity index (χ3n) is 6.92. The first-order valence-electron chi connectivity index (χ1n) is 13.2. The van der Waals surface area contributed by atoms with Gasteiger partial charge in [-0.15, -0.1) is 0 Å². The van der Waals surface area contributed by atoms with Gasteiger partial charge in [-0.1, -0.05) is 24.0 Å². The molecule has 10 nitrogen and oxygen atoms in total.